The summed E-state index contributed by atoms with van der Waals surface area (Å²) in [5.74, 6) is 0.546. The van der Waals surface area contributed by atoms with Gasteiger partial charge in [-0.1, -0.05) is 32.4 Å². The minimum absolute atomic E-state index is 0.260. The van der Waals surface area contributed by atoms with Gasteiger partial charge in [0.25, 0.3) is 0 Å². The molecule has 1 rings (SSSR count). The van der Waals surface area contributed by atoms with Gasteiger partial charge < -0.3 is 4.79 Å². The normalized spacial score (nSPS) is 26.9. The fraction of sp³-hybridized carbons (Fsp3) is 0.727. The van der Waals surface area contributed by atoms with Gasteiger partial charge in [0, 0.05) is 6.42 Å². The van der Waals surface area contributed by atoms with Crippen LogP contribution in [0.4, 0.5) is 0 Å². The molecule has 0 saturated carbocycles. The van der Waals surface area contributed by atoms with Crippen LogP contribution in [-0.4, -0.2) is 6.29 Å². The second-order valence-electron chi connectivity index (χ2n) is 4.14. The Kier molecular flexibility index (Phi) is 2.71. The van der Waals surface area contributed by atoms with E-state index in [2.05, 4.69) is 26.8 Å². The molecule has 0 fully saturated rings. The number of allylic oxidation sites excluding steroid dienone is 2. The standard InChI is InChI=1S/C11H18O/c1-4-9-5-6-10(7-8-12)11(9,2)3/h5,8,10H,4,6-7H2,1-3H3/t10-/m1/s1. The van der Waals surface area contributed by atoms with Gasteiger partial charge in [-0.2, -0.15) is 0 Å². The van der Waals surface area contributed by atoms with Gasteiger partial charge in [-0.25, -0.2) is 0 Å². The van der Waals surface area contributed by atoms with E-state index in [0.29, 0.717) is 12.3 Å². The fourth-order valence-electron chi connectivity index (χ4n) is 2.21. The van der Waals surface area contributed by atoms with E-state index in [1.165, 1.54) is 5.57 Å². The van der Waals surface area contributed by atoms with Crippen LogP contribution in [-0.2, 0) is 4.79 Å². The summed E-state index contributed by atoms with van der Waals surface area (Å²) in [5.41, 5.74) is 1.78. The lowest BCUT2D eigenvalue weighted by atomic mass is 9.75. The highest BCUT2D eigenvalue weighted by atomic mass is 16.1. The van der Waals surface area contributed by atoms with Gasteiger partial charge in [-0.3, -0.25) is 0 Å². The number of rotatable bonds is 3. The molecule has 68 valence electrons. The zero-order chi connectivity index (χ0) is 9.19. The molecule has 0 aromatic rings. The maximum atomic E-state index is 10.4. The van der Waals surface area contributed by atoms with Crippen molar-refractivity contribution >= 4 is 6.29 Å². The average Bonchev–Trinajstić information content (AvgIpc) is 2.28. The molecule has 12 heavy (non-hydrogen) atoms. The van der Waals surface area contributed by atoms with Crippen LogP contribution in [0.1, 0.15) is 40.0 Å². The Morgan fingerprint density at radius 1 is 1.67 bits per heavy atom. The third kappa shape index (κ3) is 1.45. The molecule has 1 atom stereocenters. The smallest absolute Gasteiger partial charge is 0.120 e. The number of aldehydes is 1. The van der Waals surface area contributed by atoms with Crippen molar-refractivity contribution in [3.63, 3.8) is 0 Å². The highest BCUT2D eigenvalue weighted by Gasteiger charge is 2.35. The predicted molar refractivity (Wildman–Crippen MR) is 50.9 cm³/mol. The Morgan fingerprint density at radius 3 is 2.75 bits per heavy atom. The maximum absolute atomic E-state index is 10.4. The summed E-state index contributed by atoms with van der Waals surface area (Å²) >= 11 is 0. The van der Waals surface area contributed by atoms with E-state index in [-0.39, 0.29) is 5.41 Å². The maximum Gasteiger partial charge on any atom is 0.120 e. The van der Waals surface area contributed by atoms with Crippen LogP contribution < -0.4 is 0 Å². The minimum Gasteiger partial charge on any atom is -0.303 e. The Bertz CT molecular complexity index is 201. The van der Waals surface area contributed by atoms with Gasteiger partial charge in [0.15, 0.2) is 0 Å². The average molecular weight is 166 g/mol. The van der Waals surface area contributed by atoms with E-state index >= 15 is 0 Å². The lowest BCUT2D eigenvalue weighted by Gasteiger charge is -2.29. The zero-order valence-corrected chi connectivity index (χ0v) is 8.26. The quantitative estimate of drug-likeness (QED) is 0.465. The van der Waals surface area contributed by atoms with E-state index in [4.69, 9.17) is 0 Å². The van der Waals surface area contributed by atoms with Crippen LogP contribution in [0.2, 0.25) is 0 Å². The number of hydrogen-bond acceptors (Lipinski definition) is 1. The summed E-state index contributed by atoms with van der Waals surface area (Å²) in [7, 11) is 0. The molecule has 1 heteroatoms. The molecule has 0 bridgehead atoms. The van der Waals surface area contributed by atoms with Crippen molar-refractivity contribution in [3.8, 4) is 0 Å². The lowest BCUT2D eigenvalue weighted by Crippen LogP contribution is -2.21. The molecule has 0 aromatic heterocycles. The summed E-state index contributed by atoms with van der Waals surface area (Å²) in [4.78, 5) is 10.4. The van der Waals surface area contributed by atoms with Crippen LogP contribution in [0.15, 0.2) is 11.6 Å². The van der Waals surface area contributed by atoms with Crippen molar-refractivity contribution in [2.24, 2.45) is 11.3 Å². The van der Waals surface area contributed by atoms with Gasteiger partial charge in [-0.15, -0.1) is 0 Å². The molecule has 0 amide bonds. The predicted octanol–water partition coefficient (Wildman–Crippen LogP) is 2.96. The first kappa shape index (κ1) is 9.50. The van der Waals surface area contributed by atoms with Crippen molar-refractivity contribution in [1.82, 2.24) is 0 Å². The lowest BCUT2D eigenvalue weighted by molar-refractivity contribution is -0.109. The monoisotopic (exact) mass is 166 g/mol. The Morgan fingerprint density at radius 2 is 2.33 bits per heavy atom. The van der Waals surface area contributed by atoms with Crippen molar-refractivity contribution < 1.29 is 4.79 Å². The largest absolute Gasteiger partial charge is 0.303 e. The number of carbonyl (C=O) groups is 1. The highest BCUT2D eigenvalue weighted by molar-refractivity contribution is 5.50. The fourth-order valence-corrected chi connectivity index (χ4v) is 2.21. The van der Waals surface area contributed by atoms with Gasteiger partial charge in [-0.05, 0) is 24.2 Å². The van der Waals surface area contributed by atoms with Crippen LogP contribution in [0, 0.1) is 11.3 Å². The molecule has 0 spiro atoms. The van der Waals surface area contributed by atoms with Crippen molar-refractivity contribution in [2.45, 2.75) is 40.0 Å². The molecular formula is C11H18O. The molecule has 0 saturated heterocycles. The SMILES string of the molecule is CCC1=CC[C@H](CC=O)C1(C)C. The first-order valence-electron chi connectivity index (χ1n) is 4.76. The first-order chi connectivity index (χ1) is 5.62. The van der Waals surface area contributed by atoms with Crippen LogP contribution in [0.3, 0.4) is 0 Å². The van der Waals surface area contributed by atoms with Gasteiger partial charge in [0.2, 0.25) is 0 Å². The molecule has 0 unspecified atom stereocenters. The van der Waals surface area contributed by atoms with Gasteiger partial charge in [0.05, 0.1) is 0 Å². The Hall–Kier alpha value is -0.590. The van der Waals surface area contributed by atoms with E-state index in [1.54, 1.807) is 0 Å². The minimum atomic E-state index is 0.260. The molecule has 0 N–H and O–H groups in total. The highest BCUT2D eigenvalue weighted by Crippen LogP contribution is 2.45. The van der Waals surface area contributed by atoms with Gasteiger partial charge >= 0.3 is 0 Å². The van der Waals surface area contributed by atoms with E-state index in [0.717, 1.165) is 19.1 Å². The molecule has 0 aliphatic heterocycles. The number of carbonyl (C=O) groups excluding carboxylic acids is 1. The molecule has 1 nitrogen and oxygen atoms in total. The topological polar surface area (TPSA) is 17.1 Å². The molecule has 0 radical (unpaired) electrons. The Balaban J connectivity index is 2.71. The second-order valence-corrected chi connectivity index (χ2v) is 4.14. The molecular weight excluding hydrogens is 148 g/mol. The van der Waals surface area contributed by atoms with E-state index in [9.17, 15) is 4.79 Å². The van der Waals surface area contributed by atoms with Gasteiger partial charge in [0.1, 0.15) is 6.29 Å². The second kappa shape index (κ2) is 3.42. The molecule has 1 aliphatic carbocycles. The van der Waals surface area contributed by atoms with Crippen molar-refractivity contribution in [2.75, 3.05) is 0 Å². The zero-order valence-electron chi connectivity index (χ0n) is 8.26. The summed E-state index contributed by atoms with van der Waals surface area (Å²) in [5, 5.41) is 0. The summed E-state index contributed by atoms with van der Waals surface area (Å²) < 4.78 is 0. The van der Waals surface area contributed by atoms with E-state index < -0.39 is 0 Å². The number of hydrogen-bond donors (Lipinski definition) is 0. The molecule has 0 aromatic carbocycles. The summed E-state index contributed by atoms with van der Waals surface area (Å²) in [6, 6.07) is 0. The Labute approximate surface area is 74.9 Å². The van der Waals surface area contributed by atoms with Crippen LogP contribution >= 0.6 is 0 Å². The third-order valence-electron chi connectivity index (χ3n) is 3.26. The molecule has 1 aliphatic rings. The van der Waals surface area contributed by atoms with E-state index in [1.807, 2.05) is 0 Å². The third-order valence-corrected chi connectivity index (χ3v) is 3.26. The van der Waals surface area contributed by atoms with Crippen molar-refractivity contribution in [1.29, 1.82) is 0 Å². The molecule has 0 heterocycles. The summed E-state index contributed by atoms with van der Waals surface area (Å²) in [6.45, 7) is 6.70. The van der Waals surface area contributed by atoms with Crippen LogP contribution in [0.25, 0.3) is 0 Å². The first-order valence-corrected chi connectivity index (χ1v) is 4.76. The van der Waals surface area contributed by atoms with Crippen molar-refractivity contribution in [3.05, 3.63) is 11.6 Å². The van der Waals surface area contributed by atoms with Crippen LogP contribution in [0.5, 0.6) is 0 Å². The summed E-state index contributed by atoms with van der Waals surface area (Å²) in [6.07, 6.45) is 6.30.